The second kappa shape index (κ2) is 16.5. The molecule has 2 heterocycles. The lowest BCUT2D eigenvalue weighted by Gasteiger charge is -2.18. The molecule has 0 aliphatic heterocycles. The summed E-state index contributed by atoms with van der Waals surface area (Å²) < 4.78 is 21.1. The molecule has 0 radical (unpaired) electrons. The van der Waals surface area contributed by atoms with Gasteiger partial charge in [-0.15, -0.1) is 11.8 Å². The van der Waals surface area contributed by atoms with Crippen LogP contribution in [0.25, 0.3) is 11.0 Å². The quantitative estimate of drug-likeness (QED) is 0.0357. The highest BCUT2D eigenvalue weighted by molar-refractivity contribution is 8.00. The number of allylic oxidation sites excluding steroid dienone is 3. The number of carbonyl (C=O) groups excluding carboxylic acids is 1. The molecule has 10 nitrogen and oxygen atoms in total. The van der Waals surface area contributed by atoms with Crippen LogP contribution in [0.5, 0.6) is 17.4 Å². The Hall–Kier alpha value is -4.74. The van der Waals surface area contributed by atoms with E-state index in [1.165, 1.54) is 31.2 Å². The Morgan fingerprint density at radius 2 is 1.91 bits per heavy atom. The summed E-state index contributed by atoms with van der Waals surface area (Å²) in [5.74, 6) is -0.00867. The maximum atomic E-state index is 12.4. The molecule has 4 aromatic rings. The Bertz CT molecular complexity index is 1750. The lowest BCUT2D eigenvalue weighted by atomic mass is 10.0. The first-order chi connectivity index (χ1) is 22.2. The highest BCUT2D eigenvalue weighted by Crippen LogP contribution is 2.35. The molecule has 3 N–H and O–H groups in total. The monoisotopic (exact) mass is 648 g/mol. The lowest BCUT2D eigenvalue weighted by Crippen LogP contribution is -2.12. The number of carbonyl (C=O) groups is 2. The molecule has 4 rings (SSSR count). The zero-order valence-corrected chi connectivity index (χ0v) is 26.3. The van der Waals surface area contributed by atoms with Crippen molar-refractivity contribution in [2.75, 3.05) is 6.61 Å². The maximum Gasteiger partial charge on any atom is 0.513 e. The second-order valence-electron chi connectivity index (χ2n) is 10.4. The number of rotatable bonds is 16. The number of carboxylic acid groups (broad SMARTS) is 1. The van der Waals surface area contributed by atoms with Crippen molar-refractivity contribution in [3.8, 4) is 17.4 Å². The molecule has 0 bridgehead atoms. The number of hydrogen-bond acceptors (Lipinski definition) is 10. The highest BCUT2D eigenvalue weighted by Gasteiger charge is 2.21. The third kappa shape index (κ3) is 9.15. The van der Waals surface area contributed by atoms with E-state index in [-0.39, 0.29) is 22.5 Å². The van der Waals surface area contributed by atoms with Crippen LogP contribution in [0.3, 0.4) is 0 Å². The number of fused-ring (bicyclic) bond motifs is 1. The third-order valence-electron chi connectivity index (χ3n) is 7.02. The normalized spacial score (nSPS) is 12.9. The molecule has 0 saturated heterocycles. The number of furan rings is 1. The third-order valence-corrected chi connectivity index (χ3v) is 8.24. The Morgan fingerprint density at radius 1 is 1.09 bits per heavy atom. The van der Waals surface area contributed by atoms with Gasteiger partial charge in [-0.25, -0.2) is 4.79 Å². The Morgan fingerprint density at radius 3 is 2.63 bits per heavy atom. The standard InChI is InChI=1S/C35H36O10S/c1-3-10-27-29(15-14-25(22(2)36)34(27)39)43-17-9-7-5-4-6-8-11-31(33(38)23-16-18-42-21-23)46-24-12-13-26-28(37)20-32(45-35(40)41)44-30(26)19-24/h4,6,8,11-16,18-21,31,33,38-39H,3,5,7,9-10,17H2,1-2H3,(H,40,41)/b6-4-,11-8+. The number of aromatic hydroxyl groups is 1. The predicted octanol–water partition coefficient (Wildman–Crippen LogP) is 7.86. The van der Waals surface area contributed by atoms with Crippen LogP contribution in [-0.2, 0) is 6.42 Å². The van der Waals surface area contributed by atoms with E-state index in [1.807, 2.05) is 31.2 Å². The summed E-state index contributed by atoms with van der Waals surface area (Å²) in [4.78, 5) is 35.7. The summed E-state index contributed by atoms with van der Waals surface area (Å²) >= 11 is 1.33. The summed E-state index contributed by atoms with van der Waals surface area (Å²) in [6, 6.07) is 10.9. The van der Waals surface area contributed by atoms with E-state index in [2.05, 4.69) is 4.74 Å². The van der Waals surface area contributed by atoms with Gasteiger partial charge in [-0.05, 0) is 69.0 Å². The topological polar surface area (TPSA) is 157 Å². The zero-order chi connectivity index (χ0) is 33.1. The molecule has 242 valence electrons. The Kier molecular flexibility index (Phi) is 12.3. The van der Waals surface area contributed by atoms with Gasteiger partial charge in [-0.1, -0.05) is 37.6 Å². The van der Waals surface area contributed by atoms with E-state index in [0.29, 0.717) is 40.4 Å². The molecule has 0 amide bonds. The number of Topliss-reactive ketones (excluding diaryl/α,β-unsaturated/α-hetero) is 1. The van der Waals surface area contributed by atoms with Gasteiger partial charge in [0.05, 0.1) is 47.5 Å². The van der Waals surface area contributed by atoms with Crippen LogP contribution in [0.2, 0.25) is 0 Å². The van der Waals surface area contributed by atoms with Crippen molar-refractivity contribution in [3.63, 3.8) is 0 Å². The molecule has 0 spiro atoms. The van der Waals surface area contributed by atoms with Gasteiger partial charge in [-0.3, -0.25) is 9.59 Å². The SMILES string of the molecule is CCCc1c(OCCCC/C=C\C=C\C(Sc2ccc3c(=O)cc(OC(=O)O)oc3c2)C(O)c2ccoc2)ccc(C(C)=O)c1O. The van der Waals surface area contributed by atoms with Gasteiger partial charge in [0.1, 0.15) is 17.1 Å². The minimum Gasteiger partial charge on any atom is -0.507 e. The van der Waals surface area contributed by atoms with Gasteiger partial charge in [0.15, 0.2) is 11.2 Å². The van der Waals surface area contributed by atoms with Crippen molar-refractivity contribution < 1.29 is 43.2 Å². The molecule has 0 aliphatic carbocycles. The van der Waals surface area contributed by atoms with E-state index < -0.39 is 28.9 Å². The van der Waals surface area contributed by atoms with Crippen molar-refractivity contribution >= 4 is 34.7 Å². The van der Waals surface area contributed by atoms with Crippen molar-refractivity contribution in [2.24, 2.45) is 0 Å². The van der Waals surface area contributed by atoms with Crippen LogP contribution in [-0.4, -0.2) is 39.1 Å². The van der Waals surface area contributed by atoms with Gasteiger partial charge in [0.25, 0.3) is 5.95 Å². The van der Waals surface area contributed by atoms with Crippen LogP contribution in [0.1, 0.15) is 67.1 Å². The van der Waals surface area contributed by atoms with E-state index in [4.69, 9.17) is 18.7 Å². The summed E-state index contributed by atoms with van der Waals surface area (Å²) in [6.45, 7) is 3.91. The summed E-state index contributed by atoms with van der Waals surface area (Å²) in [5, 5.41) is 30.3. The van der Waals surface area contributed by atoms with Gasteiger partial charge in [0.2, 0.25) is 0 Å². The van der Waals surface area contributed by atoms with E-state index in [9.17, 15) is 24.6 Å². The van der Waals surface area contributed by atoms with E-state index in [0.717, 1.165) is 31.7 Å². The fourth-order valence-corrected chi connectivity index (χ4v) is 5.84. The van der Waals surface area contributed by atoms with Crippen molar-refractivity contribution in [2.45, 2.75) is 62.2 Å². The zero-order valence-electron chi connectivity index (χ0n) is 25.5. The fourth-order valence-electron chi connectivity index (χ4n) is 4.75. The molecule has 0 fully saturated rings. The van der Waals surface area contributed by atoms with Crippen LogP contribution >= 0.6 is 11.8 Å². The van der Waals surface area contributed by atoms with Crippen LogP contribution in [0.4, 0.5) is 4.79 Å². The first-order valence-corrected chi connectivity index (χ1v) is 15.7. The molecule has 2 aromatic carbocycles. The number of unbranched alkanes of at least 4 members (excludes halogenated alkanes) is 2. The summed E-state index contributed by atoms with van der Waals surface area (Å²) in [7, 11) is 0. The van der Waals surface area contributed by atoms with Crippen molar-refractivity contribution in [1.82, 2.24) is 0 Å². The largest absolute Gasteiger partial charge is 0.513 e. The number of benzene rings is 2. The number of phenols is 1. The minimum atomic E-state index is -1.60. The van der Waals surface area contributed by atoms with Gasteiger partial charge in [0, 0.05) is 16.0 Å². The average molecular weight is 649 g/mol. The number of ketones is 1. The molecule has 2 unspecified atom stereocenters. The summed E-state index contributed by atoms with van der Waals surface area (Å²) in [6.07, 6.45) is 12.0. The lowest BCUT2D eigenvalue weighted by molar-refractivity contribution is 0.101. The van der Waals surface area contributed by atoms with E-state index >= 15 is 0 Å². The molecule has 46 heavy (non-hydrogen) atoms. The second-order valence-corrected chi connectivity index (χ2v) is 11.7. The smallest absolute Gasteiger partial charge is 0.507 e. The minimum absolute atomic E-state index is 0.00242. The fraction of sp³-hybridized carbons (Fsp3) is 0.286. The molecule has 11 heteroatoms. The average Bonchev–Trinajstić information content (AvgIpc) is 3.55. The highest BCUT2D eigenvalue weighted by atomic mass is 32.2. The Balaban J connectivity index is 1.35. The van der Waals surface area contributed by atoms with Crippen molar-refractivity contribution in [1.29, 1.82) is 0 Å². The van der Waals surface area contributed by atoms with E-state index in [1.54, 1.807) is 36.4 Å². The van der Waals surface area contributed by atoms with Gasteiger partial charge < -0.3 is 33.6 Å². The van der Waals surface area contributed by atoms with Crippen molar-refractivity contribution in [3.05, 3.63) is 106 Å². The number of ether oxygens (including phenoxy) is 2. The van der Waals surface area contributed by atoms with Gasteiger partial charge >= 0.3 is 6.16 Å². The molecule has 0 aliphatic rings. The number of phenolic OH excluding ortho intramolecular Hbond substituents is 1. The first-order valence-electron chi connectivity index (χ1n) is 14.8. The molecular formula is C35H36O10S. The molecular weight excluding hydrogens is 612 g/mol. The number of hydrogen-bond donors (Lipinski definition) is 3. The van der Waals surface area contributed by atoms with Crippen LogP contribution in [0, 0.1) is 0 Å². The molecule has 0 saturated carbocycles. The van der Waals surface area contributed by atoms with Crippen LogP contribution in [0.15, 0.2) is 97.8 Å². The summed E-state index contributed by atoms with van der Waals surface area (Å²) in [5.41, 5.74) is 1.28. The predicted molar refractivity (Wildman–Crippen MR) is 174 cm³/mol. The van der Waals surface area contributed by atoms with Gasteiger partial charge in [-0.2, -0.15) is 0 Å². The number of aliphatic hydroxyl groups excluding tert-OH is 1. The first kappa shape index (κ1) is 34.1. The molecule has 2 atom stereocenters. The number of thioether (sulfide) groups is 1. The molecule has 2 aromatic heterocycles. The number of aliphatic hydroxyl groups is 1. The maximum absolute atomic E-state index is 12.4. The Labute approximate surface area is 270 Å². The van der Waals surface area contributed by atoms with Crippen LogP contribution < -0.4 is 14.9 Å².